The fraction of sp³-hybridized carbons (Fsp3) is 0.690. The Kier molecular flexibility index (Phi) is 7.82. The minimum Gasteiger partial charge on any atom is -0.495 e. The summed E-state index contributed by atoms with van der Waals surface area (Å²) in [4.78, 5) is 16.6. The van der Waals surface area contributed by atoms with Crippen LogP contribution in [0.25, 0.3) is 0 Å². The first-order chi connectivity index (χ1) is 16.6. The lowest BCUT2D eigenvalue weighted by atomic mass is 9.57. The van der Waals surface area contributed by atoms with E-state index in [0.29, 0.717) is 18.3 Å². The molecule has 1 saturated carbocycles. The number of hydrogen-bond donors (Lipinski definition) is 1. The van der Waals surface area contributed by atoms with Crippen LogP contribution in [0.4, 0.5) is 5.69 Å². The minimum atomic E-state index is -0.808. The highest BCUT2D eigenvalue weighted by molar-refractivity contribution is 5.66. The minimum absolute atomic E-state index is 0.117. The summed E-state index contributed by atoms with van der Waals surface area (Å²) in [7, 11) is 1.74. The Morgan fingerprint density at radius 2 is 1.91 bits per heavy atom. The van der Waals surface area contributed by atoms with Crippen molar-refractivity contribution in [3.8, 4) is 5.75 Å². The third kappa shape index (κ3) is 5.39. The number of benzene rings is 1. The van der Waals surface area contributed by atoms with Crippen LogP contribution in [0.2, 0.25) is 0 Å². The van der Waals surface area contributed by atoms with Crippen molar-refractivity contribution >= 4 is 11.7 Å². The SMILES string of the molecule is COc1ccc(C)cc1N1CCN(CC(C)[C@@H]2CC[C@@H](C)[C@]3(O)C[C@@H](OC(C)=O)C(C)=C[C@H]23)CC1. The molecule has 1 N–H and O–H groups in total. The Balaban J connectivity index is 1.41. The van der Waals surface area contributed by atoms with E-state index in [2.05, 4.69) is 54.8 Å². The van der Waals surface area contributed by atoms with Gasteiger partial charge in [0.05, 0.1) is 18.4 Å². The van der Waals surface area contributed by atoms with Gasteiger partial charge in [-0.3, -0.25) is 9.69 Å². The third-order valence-electron chi connectivity index (χ3n) is 8.92. The smallest absolute Gasteiger partial charge is 0.303 e. The molecule has 2 aliphatic carbocycles. The normalized spacial score (nSPS) is 32.4. The fourth-order valence-electron chi connectivity index (χ4n) is 6.76. The second-order valence-electron chi connectivity index (χ2n) is 11.3. The highest BCUT2D eigenvalue weighted by Gasteiger charge is 2.52. The first kappa shape index (κ1) is 26.0. The van der Waals surface area contributed by atoms with Gasteiger partial charge in [0.25, 0.3) is 0 Å². The van der Waals surface area contributed by atoms with Crippen LogP contribution in [0.3, 0.4) is 0 Å². The lowest BCUT2D eigenvalue weighted by Crippen LogP contribution is -2.56. The fourth-order valence-corrected chi connectivity index (χ4v) is 6.76. The molecule has 1 aromatic carbocycles. The molecule has 6 atom stereocenters. The van der Waals surface area contributed by atoms with Gasteiger partial charge in [-0.05, 0) is 67.7 Å². The molecule has 0 radical (unpaired) electrons. The molecule has 1 heterocycles. The summed E-state index contributed by atoms with van der Waals surface area (Å²) in [6.07, 6.45) is 4.59. The molecule has 0 aromatic heterocycles. The highest BCUT2D eigenvalue weighted by Crippen LogP contribution is 2.51. The Morgan fingerprint density at radius 3 is 2.57 bits per heavy atom. The molecule has 1 aliphatic heterocycles. The van der Waals surface area contributed by atoms with Crippen molar-refractivity contribution in [2.75, 3.05) is 44.7 Å². The maximum Gasteiger partial charge on any atom is 0.303 e. The van der Waals surface area contributed by atoms with Crippen LogP contribution in [0.1, 0.15) is 52.5 Å². The van der Waals surface area contributed by atoms with E-state index >= 15 is 0 Å². The number of ether oxygens (including phenoxy) is 2. The molecule has 3 aliphatic rings. The van der Waals surface area contributed by atoms with E-state index in [9.17, 15) is 9.90 Å². The van der Waals surface area contributed by atoms with E-state index in [-0.39, 0.29) is 23.9 Å². The van der Waals surface area contributed by atoms with Crippen LogP contribution >= 0.6 is 0 Å². The molecule has 0 bridgehead atoms. The number of aliphatic hydroxyl groups is 1. The second-order valence-corrected chi connectivity index (χ2v) is 11.3. The number of carbonyl (C=O) groups excluding carboxylic acids is 1. The topological polar surface area (TPSA) is 62.2 Å². The van der Waals surface area contributed by atoms with Crippen molar-refractivity contribution in [3.63, 3.8) is 0 Å². The van der Waals surface area contributed by atoms with E-state index in [1.807, 2.05) is 6.92 Å². The molecule has 1 saturated heterocycles. The zero-order chi connectivity index (χ0) is 25.3. The summed E-state index contributed by atoms with van der Waals surface area (Å²) < 4.78 is 11.2. The summed E-state index contributed by atoms with van der Waals surface area (Å²) in [5.74, 6) is 1.89. The average molecular weight is 485 g/mol. The molecule has 4 rings (SSSR count). The number of esters is 1. The Morgan fingerprint density at radius 1 is 1.20 bits per heavy atom. The van der Waals surface area contributed by atoms with Crippen molar-refractivity contribution in [1.29, 1.82) is 0 Å². The number of nitrogens with zero attached hydrogens (tertiary/aromatic N) is 2. The van der Waals surface area contributed by atoms with Gasteiger partial charge in [0, 0.05) is 52.0 Å². The van der Waals surface area contributed by atoms with E-state index in [0.717, 1.165) is 56.9 Å². The standard InChI is InChI=1S/C29H44N2O4/c1-19-7-10-27(34-6)26(15-19)31-13-11-30(12-14-31)18-21(3)24-9-8-22(4)29(33)17-28(35-23(5)32)20(2)16-25(24)29/h7,10,15-16,21-22,24-25,28,33H,8-9,11-14,17-18H2,1-6H3/t21?,22-,24+,25-,28-,29-/m1/s1. The van der Waals surface area contributed by atoms with Crippen LogP contribution in [-0.2, 0) is 9.53 Å². The summed E-state index contributed by atoms with van der Waals surface area (Å²) in [5.41, 5.74) is 2.72. The zero-order valence-corrected chi connectivity index (χ0v) is 22.4. The summed E-state index contributed by atoms with van der Waals surface area (Å²) >= 11 is 0. The number of piperazine rings is 1. The van der Waals surface area contributed by atoms with Crippen molar-refractivity contribution in [2.45, 2.75) is 65.6 Å². The predicted molar refractivity (Wildman–Crippen MR) is 140 cm³/mol. The molecular formula is C29H44N2O4. The molecule has 6 nitrogen and oxygen atoms in total. The molecule has 0 amide bonds. The van der Waals surface area contributed by atoms with Gasteiger partial charge in [-0.2, -0.15) is 0 Å². The maximum absolute atomic E-state index is 11.9. The van der Waals surface area contributed by atoms with Gasteiger partial charge in [0.1, 0.15) is 11.9 Å². The highest BCUT2D eigenvalue weighted by atomic mass is 16.5. The third-order valence-corrected chi connectivity index (χ3v) is 8.92. The van der Waals surface area contributed by atoms with Gasteiger partial charge in [-0.25, -0.2) is 0 Å². The quantitative estimate of drug-likeness (QED) is 0.476. The Hall–Kier alpha value is -2.05. The molecule has 1 aromatic rings. The molecule has 0 spiro atoms. The molecule has 2 fully saturated rings. The number of methoxy groups -OCH3 is 1. The first-order valence-electron chi connectivity index (χ1n) is 13.3. The van der Waals surface area contributed by atoms with Gasteiger partial charge in [0.15, 0.2) is 0 Å². The molecule has 6 heteroatoms. The van der Waals surface area contributed by atoms with E-state index in [1.54, 1.807) is 7.11 Å². The number of aryl methyl sites for hydroxylation is 1. The number of anilines is 1. The van der Waals surface area contributed by atoms with Crippen molar-refractivity contribution in [3.05, 3.63) is 35.4 Å². The summed E-state index contributed by atoms with van der Waals surface area (Å²) in [5, 5.41) is 11.9. The van der Waals surface area contributed by atoms with Gasteiger partial charge in [-0.1, -0.05) is 26.0 Å². The summed E-state index contributed by atoms with van der Waals surface area (Å²) in [6.45, 7) is 15.2. The molecular weight excluding hydrogens is 440 g/mol. The van der Waals surface area contributed by atoms with Gasteiger partial charge in [0.2, 0.25) is 0 Å². The van der Waals surface area contributed by atoms with Crippen LogP contribution in [-0.4, -0.2) is 67.5 Å². The number of fused-ring (bicyclic) bond motifs is 1. The van der Waals surface area contributed by atoms with Gasteiger partial charge < -0.3 is 19.5 Å². The number of rotatable bonds is 6. The van der Waals surface area contributed by atoms with E-state index < -0.39 is 5.60 Å². The largest absolute Gasteiger partial charge is 0.495 e. The first-order valence-corrected chi connectivity index (χ1v) is 13.3. The van der Waals surface area contributed by atoms with Crippen LogP contribution in [0.5, 0.6) is 5.75 Å². The predicted octanol–water partition coefficient (Wildman–Crippen LogP) is 4.44. The maximum atomic E-state index is 11.9. The molecule has 1 unspecified atom stereocenters. The van der Waals surface area contributed by atoms with Gasteiger partial charge >= 0.3 is 5.97 Å². The molecule has 194 valence electrons. The Labute approximate surface area is 211 Å². The monoisotopic (exact) mass is 484 g/mol. The lowest BCUT2D eigenvalue weighted by molar-refractivity contribution is -0.159. The lowest BCUT2D eigenvalue weighted by Gasteiger charge is -2.53. The molecule has 35 heavy (non-hydrogen) atoms. The Bertz CT molecular complexity index is 939. The van der Waals surface area contributed by atoms with E-state index in [1.165, 1.54) is 18.2 Å². The van der Waals surface area contributed by atoms with Crippen LogP contribution in [0, 0.1) is 30.6 Å². The van der Waals surface area contributed by atoms with E-state index in [4.69, 9.17) is 9.47 Å². The van der Waals surface area contributed by atoms with Gasteiger partial charge in [-0.15, -0.1) is 0 Å². The summed E-state index contributed by atoms with van der Waals surface area (Å²) in [6, 6.07) is 6.39. The van der Waals surface area contributed by atoms with Crippen molar-refractivity contribution < 1.29 is 19.4 Å². The zero-order valence-electron chi connectivity index (χ0n) is 22.4. The average Bonchev–Trinajstić information content (AvgIpc) is 2.81. The van der Waals surface area contributed by atoms with Crippen molar-refractivity contribution in [2.24, 2.45) is 23.7 Å². The number of carbonyl (C=O) groups is 1. The van der Waals surface area contributed by atoms with Crippen LogP contribution < -0.4 is 9.64 Å². The number of hydrogen-bond acceptors (Lipinski definition) is 6. The van der Waals surface area contributed by atoms with Crippen LogP contribution in [0.15, 0.2) is 29.8 Å². The second kappa shape index (κ2) is 10.5. The van der Waals surface area contributed by atoms with Crippen molar-refractivity contribution in [1.82, 2.24) is 4.90 Å².